The minimum atomic E-state index is -0.596. The normalized spacial score (nSPS) is 50.2. The van der Waals surface area contributed by atoms with E-state index in [1.807, 2.05) is 0 Å². The molecule has 0 amide bonds. The molecule has 0 saturated heterocycles. The number of hydrogen-bond acceptors (Lipinski definition) is 5. The summed E-state index contributed by atoms with van der Waals surface area (Å²) in [5, 5.41) is 32.9. The maximum Gasteiger partial charge on any atom is 0.0895 e. The highest BCUT2D eigenvalue weighted by molar-refractivity contribution is 5.14. The fourth-order valence-corrected chi connectivity index (χ4v) is 9.24. The predicted octanol–water partition coefficient (Wildman–Crippen LogP) is 3.73. The Labute approximate surface area is 195 Å². The maximum atomic E-state index is 11.6. The zero-order valence-corrected chi connectivity index (χ0v) is 20.9. The van der Waals surface area contributed by atoms with Gasteiger partial charge in [0.25, 0.3) is 0 Å². The molecule has 32 heavy (non-hydrogen) atoms. The smallest absolute Gasteiger partial charge is 0.0895 e. The molecule has 4 aliphatic carbocycles. The summed E-state index contributed by atoms with van der Waals surface area (Å²) < 4.78 is 6.01. The van der Waals surface area contributed by atoms with Gasteiger partial charge < -0.3 is 25.8 Å². The van der Waals surface area contributed by atoms with Crippen molar-refractivity contribution in [3.05, 3.63) is 0 Å². The molecule has 12 atom stereocenters. The molecular weight excluding hydrogens is 402 g/mol. The lowest BCUT2D eigenvalue weighted by Crippen LogP contribution is -2.62. The molecule has 5 heteroatoms. The summed E-state index contributed by atoms with van der Waals surface area (Å²) >= 11 is 0. The minimum absolute atomic E-state index is 0.0569. The van der Waals surface area contributed by atoms with Crippen LogP contribution in [0.4, 0.5) is 0 Å². The second-order valence-corrected chi connectivity index (χ2v) is 12.5. The molecule has 0 aliphatic heterocycles. The second-order valence-electron chi connectivity index (χ2n) is 12.5. The molecule has 4 rings (SSSR count). The highest BCUT2D eigenvalue weighted by Gasteiger charge is 2.65. The van der Waals surface area contributed by atoms with Gasteiger partial charge in [-0.15, -0.1) is 0 Å². The van der Waals surface area contributed by atoms with Gasteiger partial charge >= 0.3 is 0 Å². The summed E-state index contributed by atoms with van der Waals surface area (Å²) in [5.41, 5.74) is 5.63. The van der Waals surface area contributed by atoms with E-state index in [1.54, 1.807) is 0 Å². The number of aliphatic hydroxyl groups excluding tert-OH is 3. The van der Waals surface area contributed by atoms with Crippen molar-refractivity contribution in [2.45, 2.75) is 110 Å². The van der Waals surface area contributed by atoms with Crippen molar-refractivity contribution in [1.29, 1.82) is 0 Å². The number of nitrogens with two attached hydrogens (primary N) is 1. The van der Waals surface area contributed by atoms with Gasteiger partial charge in [-0.3, -0.25) is 0 Å². The molecule has 4 fully saturated rings. The molecule has 0 aromatic rings. The lowest BCUT2D eigenvalue weighted by atomic mass is 9.43. The Balaban J connectivity index is 1.52. The minimum Gasteiger partial charge on any atom is -0.393 e. The lowest BCUT2D eigenvalue weighted by molar-refractivity contribution is -0.210. The van der Waals surface area contributed by atoms with Gasteiger partial charge in [0.15, 0.2) is 0 Å². The maximum absolute atomic E-state index is 11.6. The molecule has 5 nitrogen and oxygen atoms in total. The van der Waals surface area contributed by atoms with E-state index in [-0.39, 0.29) is 35.7 Å². The van der Waals surface area contributed by atoms with E-state index in [0.29, 0.717) is 42.1 Å². The van der Waals surface area contributed by atoms with Gasteiger partial charge in [-0.1, -0.05) is 40.5 Å². The summed E-state index contributed by atoms with van der Waals surface area (Å²) in [4.78, 5) is 0. The first kappa shape index (κ1) is 24.9. The molecule has 1 unspecified atom stereocenters. The van der Waals surface area contributed by atoms with Crippen LogP contribution in [0.25, 0.3) is 0 Å². The molecule has 0 heterocycles. The average Bonchev–Trinajstić information content (AvgIpc) is 3.12. The van der Waals surface area contributed by atoms with E-state index in [9.17, 15) is 15.3 Å². The van der Waals surface area contributed by atoms with E-state index in [1.165, 1.54) is 19.3 Å². The fourth-order valence-electron chi connectivity index (χ4n) is 9.24. The predicted molar refractivity (Wildman–Crippen MR) is 127 cm³/mol. The molecular formula is C27H49NO4. The molecule has 0 bridgehead atoms. The number of fused-ring (bicyclic) bond motifs is 5. The van der Waals surface area contributed by atoms with Crippen LogP contribution in [0.3, 0.4) is 0 Å². The molecule has 5 N–H and O–H groups in total. The second kappa shape index (κ2) is 9.45. The van der Waals surface area contributed by atoms with E-state index in [4.69, 9.17) is 10.5 Å². The van der Waals surface area contributed by atoms with Gasteiger partial charge in [-0.05, 0) is 91.3 Å². The topological polar surface area (TPSA) is 95.9 Å². The summed E-state index contributed by atoms with van der Waals surface area (Å²) in [7, 11) is 0. The Morgan fingerprint density at radius 1 is 1.06 bits per heavy atom. The van der Waals surface area contributed by atoms with E-state index in [2.05, 4.69) is 27.7 Å². The van der Waals surface area contributed by atoms with Crippen molar-refractivity contribution in [3.8, 4) is 0 Å². The number of rotatable bonds is 7. The van der Waals surface area contributed by atoms with Crippen LogP contribution in [0.15, 0.2) is 0 Å². The lowest BCUT2D eigenvalue weighted by Gasteiger charge is -2.63. The fraction of sp³-hybridized carbons (Fsp3) is 1.00. The van der Waals surface area contributed by atoms with Crippen LogP contribution in [0.2, 0.25) is 0 Å². The number of hydrogen-bond donors (Lipinski definition) is 4. The van der Waals surface area contributed by atoms with Crippen LogP contribution < -0.4 is 5.73 Å². The van der Waals surface area contributed by atoms with Crippen LogP contribution >= 0.6 is 0 Å². The number of aliphatic hydroxyl groups is 3. The standard InChI is InChI=1S/C27H49NO4/c1-5-6-16(2)20-7-8-21-25-22(13-24(31)27(20,21)4)26(3)10-9-19(32-15-18(29)14-28)11-17(26)12-23(25)30/h16-25,29-31H,5-15,28H2,1-4H3/t16-,17+,18?,19-,20-,21+,22+,23-,24+,25+,26+,27-/m1/s1. The quantitative estimate of drug-likeness (QED) is 0.473. The van der Waals surface area contributed by atoms with E-state index in [0.717, 1.165) is 38.5 Å². The highest BCUT2D eigenvalue weighted by atomic mass is 16.5. The van der Waals surface area contributed by atoms with Crippen LogP contribution in [0, 0.1) is 46.3 Å². The molecule has 0 aromatic heterocycles. The third-order valence-corrected chi connectivity index (χ3v) is 11.0. The zero-order chi connectivity index (χ0) is 23.3. The van der Waals surface area contributed by atoms with E-state index >= 15 is 0 Å². The van der Waals surface area contributed by atoms with Gasteiger partial charge in [0.1, 0.15) is 0 Å². The van der Waals surface area contributed by atoms with Gasteiger partial charge in [0, 0.05) is 6.54 Å². The van der Waals surface area contributed by atoms with Crippen LogP contribution in [0.5, 0.6) is 0 Å². The van der Waals surface area contributed by atoms with Gasteiger partial charge in [-0.25, -0.2) is 0 Å². The first-order valence-electron chi connectivity index (χ1n) is 13.5. The van der Waals surface area contributed by atoms with Crippen LogP contribution in [0.1, 0.15) is 85.5 Å². The van der Waals surface area contributed by atoms with Crippen molar-refractivity contribution in [2.75, 3.05) is 13.2 Å². The highest BCUT2D eigenvalue weighted by Crippen LogP contribution is 2.68. The summed E-state index contributed by atoms with van der Waals surface area (Å²) in [6, 6.07) is 0. The Morgan fingerprint density at radius 2 is 1.81 bits per heavy atom. The Morgan fingerprint density at radius 3 is 2.50 bits per heavy atom. The Bertz CT molecular complexity index is 645. The van der Waals surface area contributed by atoms with Crippen molar-refractivity contribution < 1.29 is 20.1 Å². The first-order chi connectivity index (χ1) is 15.2. The molecule has 4 aliphatic rings. The molecule has 0 radical (unpaired) electrons. The molecule has 4 saturated carbocycles. The Hall–Kier alpha value is -0.200. The third-order valence-electron chi connectivity index (χ3n) is 11.0. The van der Waals surface area contributed by atoms with Gasteiger partial charge in [0.05, 0.1) is 31.0 Å². The Kier molecular flexibility index (Phi) is 7.36. The molecule has 0 aromatic carbocycles. The average molecular weight is 452 g/mol. The molecule has 0 spiro atoms. The van der Waals surface area contributed by atoms with E-state index < -0.39 is 6.10 Å². The SMILES string of the molecule is CCC[C@@H](C)[C@H]1CC[C@H]2[C@@H]3[C@H](O)C[C@@H]4C[C@H](OCC(O)CN)CC[C@]4(C)[C@H]3C[C@H](O)[C@]12C. The van der Waals surface area contributed by atoms with Crippen molar-refractivity contribution in [1.82, 2.24) is 0 Å². The van der Waals surface area contributed by atoms with Gasteiger partial charge in [-0.2, -0.15) is 0 Å². The van der Waals surface area contributed by atoms with Crippen LogP contribution in [-0.4, -0.2) is 52.9 Å². The van der Waals surface area contributed by atoms with Crippen molar-refractivity contribution in [2.24, 2.45) is 52.1 Å². The van der Waals surface area contributed by atoms with Crippen molar-refractivity contribution in [3.63, 3.8) is 0 Å². The summed E-state index contributed by atoms with van der Waals surface area (Å²) in [6.45, 7) is 9.98. The first-order valence-corrected chi connectivity index (χ1v) is 13.5. The molecule has 186 valence electrons. The number of ether oxygens (including phenoxy) is 1. The summed E-state index contributed by atoms with van der Waals surface area (Å²) in [6.07, 6.45) is 8.53. The monoisotopic (exact) mass is 451 g/mol. The van der Waals surface area contributed by atoms with Crippen molar-refractivity contribution >= 4 is 0 Å². The zero-order valence-electron chi connectivity index (χ0n) is 20.9. The van der Waals surface area contributed by atoms with Gasteiger partial charge in [0.2, 0.25) is 0 Å². The summed E-state index contributed by atoms with van der Waals surface area (Å²) in [5.74, 6) is 2.77. The van der Waals surface area contributed by atoms with Crippen LogP contribution in [-0.2, 0) is 4.74 Å². The largest absolute Gasteiger partial charge is 0.393 e. The third kappa shape index (κ3) is 3.98.